The summed E-state index contributed by atoms with van der Waals surface area (Å²) in [4.78, 5) is 4.37. The lowest BCUT2D eigenvalue weighted by molar-refractivity contribution is 0.322. The summed E-state index contributed by atoms with van der Waals surface area (Å²) in [7, 11) is 0. The number of nitriles is 1. The molecule has 2 aromatic carbocycles. The van der Waals surface area contributed by atoms with E-state index in [4.69, 9.17) is 10.00 Å². The van der Waals surface area contributed by atoms with Gasteiger partial charge in [0.2, 0.25) is 0 Å². The van der Waals surface area contributed by atoms with Crippen LogP contribution in [0.1, 0.15) is 23.6 Å². The molecule has 144 valence electrons. The highest BCUT2D eigenvalue weighted by molar-refractivity contribution is 14.0. The molecule has 2 aromatic rings. The number of guanidine groups is 1. The van der Waals surface area contributed by atoms with Gasteiger partial charge in [-0.2, -0.15) is 5.26 Å². The first-order chi connectivity index (χ1) is 12.6. The number of halogens is 2. The Kier molecular flexibility index (Phi) is 10.2. The number of rotatable bonds is 7. The van der Waals surface area contributed by atoms with Gasteiger partial charge < -0.3 is 15.4 Å². The van der Waals surface area contributed by atoms with Crippen molar-refractivity contribution in [1.29, 1.82) is 5.26 Å². The van der Waals surface area contributed by atoms with Gasteiger partial charge in [-0.25, -0.2) is 9.38 Å². The Morgan fingerprint density at radius 3 is 2.59 bits per heavy atom. The van der Waals surface area contributed by atoms with Crippen molar-refractivity contribution in [2.24, 2.45) is 4.99 Å². The van der Waals surface area contributed by atoms with Crippen molar-refractivity contribution in [2.45, 2.75) is 20.4 Å². The van der Waals surface area contributed by atoms with Gasteiger partial charge in [0.15, 0.2) is 5.96 Å². The van der Waals surface area contributed by atoms with E-state index in [9.17, 15) is 4.39 Å². The first-order valence-corrected chi connectivity index (χ1v) is 8.52. The fourth-order valence-corrected chi connectivity index (χ4v) is 2.24. The molecule has 0 fully saturated rings. The highest BCUT2D eigenvalue weighted by atomic mass is 127. The minimum Gasteiger partial charge on any atom is -0.492 e. The average Bonchev–Trinajstić information content (AvgIpc) is 2.65. The number of nitrogens with one attached hydrogen (secondary N) is 2. The van der Waals surface area contributed by atoms with E-state index in [0.717, 1.165) is 5.75 Å². The lowest BCUT2D eigenvalue weighted by Crippen LogP contribution is -2.39. The molecule has 0 radical (unpaired) electrons. The zero-order chi connectivity index (χ0) is 18.8. The first-order valence-electron chi connectivity index (χ1n) is 8.52. The van der Waals surface area contributed by atoms with E-state index in [1.807, 2.05) is 44.2 Å². The van der Waals surface area contributed by atoms with E-state index in [2.05, 4.69) is 15.6 Å². The molecule has 27 heavy (non-hydrogen) atoms. The molecule has 0 bridgehead atoms. The normalized spacial score (nSPS) is 10.5. The molecule has 0 aromatic heterocycles. The molecule has 0 aliphatic rings. The summed E-state index contributed by atoms with van der Waals surface area (Å²) in [5, 5.41) is 15.2. The topological polar surface area (TPSA) is 69.4 Å². The highest BCUT2D eigenvalue weighted by Gasteiger charge is 2.04. The van der Waals surface area contributed by atoms with Gasteiger partial charge in [-0.1, -0.05) is 17.7 Å². The van der Waals surface area contributed by atoms with Crippen LogP contribution in [0.5, 0.6) is 5.75 Å². The van der Waals surface area contributed by atoms with Crippen LogP contribution in [0, 0.1) is 24.1 Å². The van der Waals surface area contributed by atoms with Crippen molar-refractivity contribution >= 4 is 29.9 Å². The average molecular weight is 482 g/mol. The van der Waals surface area contributed by atoms with Crippen molar-refractivity contribution in [2.75, 3.05) is 19.7 Å². The third-order valence-corrected chi connectivity index (χ3v) is 3.61. The molecule has 5 nitrogen and oxygen atoms in total. The second-order valence-corrected chi connectivity index (χ2v) is 5.70. The number of hydrogen-bond donors (Lipinski definition) is 2. The van der Waals surface area contributed by atoms with Gasteiger partial charge in [0.1, 0.15) is 18.2 Å². The Bertz CT molecular complexity index is 788. The maximum atomic E-state index is 13.8. The van der Waals surface area contributed by atoms with Gasteiger partial charge >= 0.3 is 0 Å². The van der Waals surface area contributed by atoms with Gasteiger partial charge in [-0.15, -0.1) is 24.0 Å². The number of hydrogen-bond acceptors (Lipinski definition) is 3. The van der Waals surface area contributed by atoms with E-state index < -0.39 is 0 Å². The second-order valence-electron chi connectivity index (χ2n) is 5.70. The Morgan fingerprint density at radius 1 is 1.19 bits per heavy atom. The molecule has 0 aliphatic carbocycles. The summed E-state index contributed by atoms with van der Waals surface area (Å²) >= 11 is 0. The minimum absolute atomic E-state index is 0. The molecule has 2 rings (SSSR count). The third kappa shape index (κ3) is 7.83. The van der Waals surface area contributed by atoms with Gasteiger partial charge in [0.25, 0.3) is 0 Å². The van der Waals surface area contributed by atoms with Crippen LogP contribution in [0.2, 0.25) is 0 Å². The fraction of sp³-hybridized carbons (Fsp3) is 0.300. The summed E-state index contributed by atoms with van der Waals surface area (Å²) < 4.78 is 19.5. The van der Waals surface area contributed by atoms with Gasteiger partial charge in [0.05, 0.1) is 24.7 Å². The smallest absolute Gasteiger partial charge is 0.191 e. The van der Waals surface area contributed by atoms with E-state index in [-0.39, 0.29) is 36.3 Å². The van der Waals surface area contributed by atoms with Crippen molar-refractivity contribution in [1.82, 2.24) is 10.6 Å². The van der Waals surface area contributed by atoms with E-state index >= 15 is 0 Å². The zero-order valence-corrected chi connectivity index (χ0v) is 17.8. The molecule has 0 unspecified atom stereocenters. The number of ether oxygens (including phenoxy) is 1. The number of aliphatic imine (C=N–C) groups is 1. The predicted molar refractivity (Wildman–Crippen MR) is 116 cm³/mol. The van der Waals surface area contributed by atoms with Gasteiger partial charge in [-0.3, -0.25) is 0 Å². The molecule has 0 saturated heterocycles. The predicted octanol–water partition coefficient (Wildman–Crippen LogP) is 3.76. The lowest BCUT2D eigenvalue weighted by atomic mass is 10.1. The monoisotopic (exact) mass is 482 g/mol. The molecular formula is C20H24FIN4O. The van der Waals surface area contributed by atoms with Crippen molar-refractivity contribution in [3.63, 3.8) is 0 Å². The van der Waals surface area contributed by atoms with Crippen LogP contribution in [0.25, 0.3) is 0 Å². The first kappa shape index (κ1) is 22.7. The van der Waals surface area contributed by atoms with E-state index in [0.29, 0.717) is 36.8 Å². The number of benzene rings is 2. The summed E-state index contributed by atoms with van der Waals surface area (Å²) in [6, 6.07) is 14.1. The van der Waals surface area contributed by atoms with Crippen molar-refractivity contribution < 1.29 is 9.13 Å². The highest BCUT2D eigenvalue weighted by Crippen LogP contribution is 2.12. The van der Waals surface area contributed by atoms with Crippen LogP contribution in [0.3, 0.4) is 0 Å². The summed E-state index contributed by atoms with van der Waals surface area (Å²) in [6.07, 6.45) is 0. The van der Waals surface area contributed by atoms with Crippen molar-refractivity contribution in [3.8, 4) is 11.8 Å². The zero-order valence-electron chi connectivity index (χ0n) is 15.5. The summed E-state index contributed by atoms with van der Waals surface area (Å²) in [5.41, 5.74) is 1.99. The molecular weight excluding hydrogens is 458 g/mol. The van der Waals surface area contributed by atoms with Crippen LogP contribution < -0.4 is 15.4 Å². The maximum absolute atomic E-state index is 13.8. The molecule has 0 aliphatic heterocycles. The lowest BCUT2D eigenvalue weighted by Gasteiger charge is -2.12. The van der Waals surface area contributed by atoms with Crippen LogP contribution in [0.15, 0.2) is 47.5 Å². The maximum Gasteiger partial charge on any atom is 0.191 e. The Balaban J connectivity index is 0.00000364. The quantitative estimate of drug-likeness (QED) is 0.273. The Labute approximate surface area is 176 Å². The molecule has 0 heterocycles. The molecule has 0 spiro atoms. The minimum atomic E-state index is -0.369. The summed E-state index contributed by atoms with van der Waals surface area (Å²) in [6.45, 7) is 5.85. The van der Waals surface area contributed by atoms with E-state index in [1.54, 1.807) is 0 Å². The standard InChI is InChI=1S/C20H23FN4O.HI/c1-3-23-20(24-10-11-26-18-7-4-15(2)5-8-18)25-14-17-12-16(13-22)6-9-19(17)21;/h4-9,12H,3,10-11,14H2,1-2H3,(H2,23,24,25);1H. The molecule has 0 atom stereocenters. The Hall–Kier alpha value is -2.34. The van der Waals surface area contributed by atoms with Crippen LogP contribution in [0.4, 0.5) is 4.39 Å². The summed E-state index contributed by atoms with van der Waals surface area (Å²) in [5.74, 6) is 1.02. The van der Waals surface area contributed by atoms with Gasteiger partial charge in [0, 0.05) is 12.1 Å². The van der Waals surface area contributed by atoms with Gasteiger partial charge in [-0.05, 0) is 44.2 Å². The SMILES string of the molecule is CCNC(=NCc1cc(C#N)ccc1F)NCCOc1ccc(C)cc1.I. The number of aryl methyl sites for hydroxylation is 1. The van der Waals surface area contributed by atoms with Crippen LogP contribution in [-0.4, -0.2) is 25.7 Å². The third-order valence-electron chi connectivity index (χ3n) is 3.61. The molecule has 0 amide bonds. The van der Waals surface area contributed by atoms with Crippen LogP contribution >= 0.6 is 24.0 Å². The molecule has 0 saturated carbocycles. The molecule has 7 heteroatoms. The van der Waals surface area contributed by atoms with E-state index in [1.165, 1.54) is 23.8 Å². The number of nitrogens with zero attached hydrogens (tertiary/aromatic N) is 2. The molecule has 2 N–H and O–H groups in total. The fourth-order valence-electron chi connectivity index (χ4n) is 2.24. The van der Waals surface area contributed by atoms with Crippen LogP contribution in [-0.2, 0) is 6.54 Å². The second kappa shape index (κ2) is 12.1. The Morgan fingerprint density at radius 2 is 1.93 bits per heavy atom. The largest absolute Gasteiger partial charge is 0.492 e. The van der Waals surface area contributed by atoms with Crippen molar-refractivity contribution in [3.05, 3.63) is 65.0 Å².